The van der Waals surface area contributed by atoms with Crippen molar-refractivity contribution in [1.82, 2.24) is 4.72 Å². The van der Waals surface area contributed by atoms with Gasteiger partial charge in [0.2, 0.25) is 10.0 Å². The van der Waals surface area contributed by atoms with Crippen LogP contribution in [0.3, 0.4) is 0 Å². The molecule has 1 rings (SSSR count). The van der Waals surface area contributed by atoms with E-state index in [1.807, 2.05) is 19.9 Å². The lowest BCUT2D eigenvalue weighted by Gasteiger charge is -2.24. The molecule has 0 atom stereocenters. The fourth-order valence-corrected chi connectivity index (χ4v) is 4.01. The fraction of sp³-hybridized carbons (Fsp3) is 0.583. The molecule has 5 nitrogen and oxygen atoms in total. The third-order valence-corrected chi connectivity index (χ3v) is 5.16. The van der Waals surface area contributed by atoms with Gasteiger partial charge in [-0.2, -0.15) is 5.26 Å². The number of rotatable bonds is 7. The van der Waals surface area contributed by atoms with Crippen LogP contribution >= 0.6 is 11.3 Å². The molecule has 7 heteroatoms. The normalized spacial score (nSPS) is 12.3. The zero-order chi connectivity index (χ0) is 14.5. The Morgan fingerprint density at radius 3 is 2.79 bits per heavy atom. The van der Waals surface area contributed by atoms with Crippen LogP contribution in [0.5, 0.6) is 0 Å². The predicted octanol–water partition coefficient (Wildman–Crippen LogP) is 1.70. The number of thiophene rings is 1. The van der Waals surface area contributed by atoms with Crippen LogP contribution in [0.4, 0.5) is 0 Å². The molecule has 0 saturated carbocycles. The minimum absolute atomic E-state index is 0.0398. The molecular weight excluding hydrogens is 284 g/mol. The first-order chi connectivity index (χ1) is 8.82. The molecule has 1 aromatic rings. The second-order valence-corrected chi connectivity index (χ2v) is 7.69. The lowest BCUT2D eigenvalue weighted by atomic mass is 9.88. The maximum atomic E-state index is 12.1. The summed E-state index contributed by atoms with van der Waals surface area (Å²) in [5, 5.41) is 19.2. The first-order valence-electron chi connectivity index (χ1n) is 5.90. The molecule has 0 aromatic carbocycles. The zero-order valence-corrected chi connectivity index (χ0v) is 12.6. The molecule has 2 N–H and O–H groups in total. The topological polar surface area (TPSA) is 90.2 Å². The molecule has 0 spiro atoms. The van der Waals surface area contributed by atoms with Crippen LogP contribution in [0.1, 0.15) is 31.6 Å². The smallest absolute Gasteiger partial charge is 0.242 e. The van der Waals surface area contributed by atoms with Gasteiger partial charge in [0.25, 0.3) is 0 Å². The largest absolute Gasteiger partial charge is 0.396 e. The van der Waals surface area contributed by atoms with E-state index in [4.69, 9.17) is 10.4 Å². The minimum Gasteiger partial charge on any atom is -0.396 e. The molecule has 0 unspecified atom stereocenters. The third kappa shape index (κ3) is 4.58. The van der Waals surface area contributed by atoms with Gasteiger partial charge in [0, 0.05) is 13.2 Å². The molecule has 1 aromatic heterocycles. The number of aliphatic hydroxyl groups is 1. The van der Waals surface area contributed by atoms with E-state index in [1.54, 1.807) is 5.38 Å². The van der Waals surface area contributed by atoms with Crippen molar-refractivity contribution in [3.8, 4) is 6.07 Å². The molecular formula is C12H18N2O3S2. The van der Waals surface area contributed by atoms with Gasteiger partial charge in [-0.1, -0.05) is 13.8 Å². The van der Waals surface area contributed by atoms with Gasteiger partial charge >= 0.3 is 0 Å². The van der Waals surface area contributed by atoms with Crippen LogP contribution in [-0.2, 0) is 10.0 Å². The second kappa shape index (κ2) is 6.48. The lowest BCUT2D eigenvalue weighted by Crippen LogP contribution is -2.34. The highest BCUT2D eigenvalue weighted by Gasteiger charge is 2.24. The van der Waals surface area contributed by atoms with Crippen molar-refractivity contribution in [2.75, 3.05) is 13.2 Å². The van der Waals surface area contributed by atoms with Gasteiger partial charge in [0.1, 0.15) is 15.8 Å². The summed E-state index contributed by atoms with van der Waals surface area (Å²) in [6.45, 7) is 4.24. The number of sulfonamides is 1. The molecule has 0 fully saturated rings. The summed E-state index contributed by atoms with van der Waals surface area (Å²) in [7, 11) is -3.64. The Kier molecular flexibility index (Phi) is 5.50. The van der Waals surface area contributed by atoms with Crippen molar-refractivity contribution >= 4 is 21.4 Å². The number of hydrogen-bond acceptors (Lipinski definition) is 5. The van der Waals surface area contributed by atoms with E-state index in [1.165, 1.54) is 6.07 Å². The number of nitrogens with one attached hydrogen (secondary N) is 1. The Hall–Kier alpha value is -0.940. The van der Waals surface area contributed by atoms with Gasteiger partial charge in [-0.05, 0) is 29.7 Å². The molecule has 0 aliphatic rings. The quantitative estimate of drug-likeness (QED) is 0.802. The zero-order valence-electron chi connectivity index (χ0n) is 11.0. The molecule has 0 radical (unpaired) electrons. The number of nitriles is 1. The van der Waals surface area contributed by atoms with Crippen molar-refractivity contribution in [3.05, 3.63) is 16.3 Å². The Morgan fingerprint density at radius 1 is 1.53 bits per heavy atom. The summed E-state index contributed by atoms with van der Waals surface area (Å²) in [6.07, 6.45) is 1.36. The van der Waals surface area contributed by atoms with Gasteiger partial charge in [-0.3, -0.25) is 0 Å². The van der Waals surface area contributed by atoms with Crippen molar-refractivity contribution in [2.45, 2.75) is 31.6 Å². The molecule has 0 bridgehead atoms. The van der Waals surface area contributed by atoms with Gasteiger partial charge in [0.15, 0.2) is 0 Å². The van der Waals surface area contributed by atoms with Crippen LogP contribution in [0.25, 0.3) is 0 Å². The molecule has 0 amide bonds. The maximum Gasteiger partial charge on any atom is 0.242 e. The second-order valence-electron chi connectivity index (χ2n) is 5.04. The first-order valence-corrected chi connectivity index (χ1v) is 8.27. The Balaban J connectivity index is 2.74. The minimum atomic E-state index is -3.64. The Labute approximate surface area is 117 Å². The molecule has 19 heavy (non-hydrogen) atoms. The van der Waals surface area contributed by atoms with Gasteiger partial charge in [-0.25, -0.2) is 13.1 Å². The van der Waals surface area contributed by atoms with Crippen LogP contribution in [0.15, 0.2) is 16.3 Å². The SMILES string of the molecule is CC(C)(CCCO)CNS(=O)(=O)c1ccsc1C#N. The number of hydrogen-bond donors (Lipinski definition) is 2. The van der Waals surface area contributed by atoms with Crippen LogP contribution in [-0.4, -0.2) is 26.7 Å². The van der Waals surface area contributed by atoms with Gasteiger partial charge in [0.05, 0.1) is 0 Å². The number of nitrogens with zero attached hydrogens (tertiary/aromatic N) is 1. The lowest BCUT2D eigenvalue weighted by molar-refractivity contribution is 0.242. The number of aliphatic hydroxyl groups excluding tert-OH is 1. The molecule has 0 aliphatic carbocycles. The van der Waals surface area contributed by atoms with Crippen molar-refractivity contribution < 1.29 is 13.5 Å². The van der Waals surface area contributed by atoms with Crippen molar-refractivity contribution in [1.29, 1.82) is 5.26 Å². The van der Waals surface area contributed by atoms with Crippen molar-refractivity contribution in [2.24, 2.45) is 5.41 Å². The highest BCUT2D eigenvalue weighted by atomic mass is 32.2. The van der Waals surface area contributed by atoms with Gasteiger partial charge in [-0.15, -0.1) is 11.3 Å². The summed E-state index contributed by atoms with van der Waals surface area (Å²) in [5.41, 5.74) is -0.237. The van der Waals surface area contributed by atoms with E-state index in [2.05, 4.69) is 4.72 Å². The molecule has 0 aliphatic heterocycles. The van der Waals surface area contributed by atoms with E-state index in [0.717, 1.165) is 17.8 Å². The fourth-order valence-electron chi connectivity index (χ4n) is 1.60. The van der Waals surface area contributed by atoms with E-state index in [0.29, 0.717) is 6.42 Å². The van der Waals surface area contributed by atoms with Crippen LogP contribution < -0.4 is 4.72 Å². The average Bonchev–Trinajstić information content (AvgIpc) is 2.83. The maximum absolute atomic E-state index is 12.1. The van der Waals surface area contributed by atoms with E-state index >= 15 is 0 Å². The Bertz CT molecular complexity index is 556. The monoisotopic (exact) mass is 302 g/mol. The predicted molar refractivity (Wildman–Crippen MR) is 74.3 cm³/mol. The average molecular weight is 302 g/mol. The van der Waals surface area contributed by atoms with E-state index in [9.17, 15) is 8.42 Å². The molecule has 0 saturated heterocycles. The summed E-state index contributed by atoms with van der Waals surface area (Å²) in [6, 6.07) is 3.32. The molecule has 106 valence electrons. The standard InChI is InChI=1S/C12H18N2O3S2/c1-12(2,5-3-6-15)9-14-19(16,17)11-4-7-18-10(11)8-13/h4,7,14-15H,3,5-6,9H2,1-2H3. The van der Waals surface area contributed by atoms with Crippen LogP contribution in [0, 0.1) is 16.7 Å². The third-order valence-electron chi connectivity index (χ3n) is 2.77. The summed E-state index contributed by atoms with van der Waals surface area (Å²) in [5.74, 6) is 0. The summed E-state index contributed by atoms with van der Waals surface area (Å²) in [4.78, 5) is 0.235. The first kappa shape index (κ1) is 16.1. The van der Waals surface area contributed by atoms with Crippen LogP contribution in [0.2, 0.25) is 0 Å². The summed E-state index contributed by atoms with van der Waals surface area (Å²) >= 11 is 1.11. The van der Waals surface area contributed by atoms with Crippen molar-refractivity contribution in [3.63, 3.8) is 0 Å². The highest BCUT2D eigenvalue weighted by Crippen LogP contribution is 2.24. The van der Waals surface area contributed by atoms with Gasteiger partial charge < -0.3 is 5.11 Å². The summed E-state index contributed by atoms with van der Waals surface area (Å²) < 4.78 is 26.7. The molecule has 1 heterocycles. The Morgan fingerprint density at radius 2 is 2.21 bits per heavy atom. The van der Waals surface area contributed by atoms with E-state index < -0.39 is 10.0 Å². The highest BCUT2D eigenvalue weighted by molar-refractivity contribution is 7.89. The van der Waals surface area contributed by atoms with E-state index in [-0.39, 0.29) is 28.3 Å².